The maximum absolute atomic E-state index is 12.1. The number of nitrogen functional groups attached to an aromatic ring is 1. The maximum Gasteiger partial charge on any atom is 0.304 e. The summed E-state index contributed by atoms with van der Waals surface area (Å²) in [4.78, 5) is 12.3. The molecule has 0 aromatic carbocycles. The number of likely N-dealkylation sites (tertiary alicyclic amines) is 1. The summed E-state index contributed by atoms with van der Waals surface area (Å²) in [5, 5.41) is 10.6. The summed E-state index contributed by atoms with van der Waals surface area (Å²) in [6.45, 7) is 5.20. The predicted octanol–water partition coefficient (Wildman–Crippen LogP) is 0.859. The molecule has 1 aromatic heterocycles. The first-order valence-electron chi connectivity index (χ1n) is 6.59. The molecule has 0 amide bonds. The number of hydrogen-bond acceptors (Lipinski definition) is 7. The van der Waals surface area contributed by atoms with E-state index in [9.17, 15) is 18.5 Å². The largest absolute Gasteiger partial charge is 0.385 e. The van der Waals surface area contributed by atoms with Gasteiger partial charge in [-0.25, -0.2) is 13.1 Å². The minimum atomic E-state index is -3.74. The standard InChI is InChI=1S/C11H18N4O4S2/c1-2-14-4-3-8(7-14)6-13-21(18,19)10-5-9(15(16)17)11(12)20-10/h5,8,13H,2-4,6-7,12H2,1H3. The molecule has 1 aliphatic rings. The van der Waals surface area contributed by atoms with E-state index in [1.165, 1.54) is 0 Å². The molecule has 118 valence electrons. The fraction of sp³-hybridized carbons (Fsp3) is 0.636. The maximum atomic E-state index is 12.1. The number of hydrogen-bond donors (Lipinski definition) is 2. The summed E-state index contributed by atoms with van der Waals surface area (Å²) >= 11 is 0.712. The molecule has 0 radical (unpaired) electrons. The SMILES string of the molecule is CCN1CCC(CNS(=O)(=O)c2cc([N+](=O)[O-])c(N)s2)C1. The number of nitrogens with one attached hydrogen (secondary N) is 1. The normalized spacial score (nSPS) is 20.0. The third kappa shape index (κ3) is 3.70. The molecule has 2 heterocycles. The van der Waals surface area contributed by atoms with Gasteiger partial charge in [-0.15, -0.1) is 0 Å². The molecule has 0 bridgehead atoms. The molecule has 3 N–H and O–H groups in total. The first kappa shape index (κ1) is 16.1. The Morgan fingerprint density at radius 1 is 1.62 bits per heavy atom. The number of thiophene rings is 1. The second kappa shape index (κ2) is 6.26. The van der Waals surface area contributed by atoms with Crippen molar-refractivity contribution in [2.75, 3.05) is 31.9 Å². The van der Waals surface area contributed by atoms with Crippen molar-refractivity contribution in [3.63, 3.8) is 0 Å². The molecule has 8 nitrogen and oxygen atoms in total. The molecular formula is C11H18N4O4S2. The molecule has 21 heavy (non-hydrogen) atoms. The van der Waals surface area contributed by atoms with Crippen LogP contribution in [-0.2, 0) is 10.0 Å². The van der Waals surface area contributed by atoms with E-state index in [4.69, 9.17) is 5.73 Å². The predicted molar refractivity (Wildman–Crippen MR) is 80.8 cm³/mol. The lowest BCUT2D eigenvalue weighted by atomic mass is 10.1. The van der Waals surface area contributed by atoms with Gasteiger partial charge in [0.25, 0.3) is 0 Å². The summed E-state index contributed by atoms with van der Waals surface area (Å²) in [7, 11) is -3.74. The number of nitrogens with two attached hydrogens (primary N) is 1. The van der Waals surface area contributed by atoms with Gasteiger partial charge in [-0.1, -0.05) is 18.3 Å². The number of anilines is 1. The topological polar surface area (TPSA) is 119 Å². The molecule has 10 heteroatoms. The molecule has 1 fully saturated rings. The lowest BCUT2D eigenvalue weighted by Gasteiger charge is -2.13. The van der Waals surface area contributed by atoms with Gasteiger partial charge in [-0.3, -0.25) is 10.1 Å². The number of rotatable bonds is 6. The van der Waals surface area contributed by atoms with Crippen molar-refractivity contribution in [3.05, 3.63) is 16.2 Å². The Morgan fingerprint density at radius 2 is 2.33 bits per heavy atom. The molecule has 1 atom stereocenters. The zero-order chi connectivity index (χ0) is 15.6. The summed E-state index contributed by atoms with van der Waals surface area (Å²) in [5.74, 6) is 0.270. The summed E-state index contributed by atoms with van der Waals surface area (Å²) < 4.78 is 26.7. The Morgan fingerprint density at radius 3 is 2.86 bits per heavy atom. The first-order chi connectivity index (χ1) is 9.83. The van der Waals surface area contributed by atoms with Crippen LogP contribution in [0, 0.1) is 16.0 Å². The molecule has 1 unspecified atom stereocenters. The van der Waals surface area contributed by atoms with Crippen molar-refractivity contribution in [2.45, 2.75) is 17.6 Å². The van der Waals surface area contributed by atoms with Crippen LogP contribution in [-0.4, -0.2) is 44.4 Å². The Balaban J connectivity index is 2.02. The molecule has 0 aliphatic carbocycles. The van der Waals surface area contributed by atoms with Gasteiger partial charge in [0.05, 0.1) is 4.92 Å². The van der Waals surface area contributed by atoms with E-state index in [1.807, 2.05) is 0 Å². The summed E-state index contributed by atoms with van der Waals surface area (Å²) in [6, 6.07) is 1.01. The van der Waals surface area contributed by atoms with Crippen LogP contribution in [0.3, 0.4) is 0 Å². The van der Waals surface area contributed by atoms with Crippen LogP contribution < -0.4 is 10.5 Å². The molecular weight excluding hydrogens is 316 g/mol. The molecule has 0 saturated carbocycles. The van der Waals surface area contributed by atoms with E-state index < -0.39 is 14.9 Å². The fourth-order valence-corrected chi connectivity index (χ4v) is 4.69. The first-order valence-corrected chi connectivity index (χ1v) is 8.89. The monoisotopic (exact) mass is 334 g/mol. The van der Waals surface area contributed by atoms with Crippen LogP contribution in [0.5, 0.6) is 0 Å². The van der Waals surface area contributed by atoms with Crippen molar-refractivity contribution < 1.29 is 13.3 Å². The van der Waals surface area contributed by atoms with E-state index in [-0.39, 0.29) is 20.8 Å². The van der Waals surface area contributed by atoms with Crippen LogP contribution in [0.2, 0.25) is 0 Å². The van der Waals surface area contributed by atoms with Crippen molar-refractivity contribution in [3.8, 4) is 0 Å². The minimum Gasteiger partial charge on any atom is -0.385 e. The highest BCUT2D eigenvalue weighted by Gasteiger charge is 2.27. The fourth-order valence-electron chi connectivity index (χ4n) is 2.31. The lowest BCUT2D eigenvalue weighted by molar-refractivity contribution is -0.383. The quantitative estimate of drug-likeness (QED) is 0.588. The highest BCUT2D eigenvalue weighted by atomic mass is 32.2. The average molecular weight is 334 g/mol. The van der Waals surface area contributed by atoms with Crippen LogP contribution in [0.4, 0.5) is 10.7 Å². The Bertz CT molecular complexity index is 628. The summed E-state index contributed by atoms with van der Waals surface area (Å²) in [5.41, 5.74) is 5.11. The van der Waals surface area contributed by atoms with Crippen LogP contribution >= 0.6 is 11.3 Å². The van der Waals surface area contributed by atoms with Gasteiger partial charge in [0.2, 0.25) is 10.0 Å². The smallest absolute Gasteiger partial charge is 0.304 e. The Labute approximate surface area is 127 Å². The van der Waals surface area contributed by atoms with Gasteiger partial charge in [0, 0.05) is 19.2 Å². The third-order valence-electron chi connectivity index (χ3n) is 3.56. The number of nitro groups is 1. The number of nitrogens with zero attached hydrogens (tertiary/aromatic N) is 2. The zero-order valence-corrected chi connectivity index (χ0v) is 13.2. The zero-order valence-electron chi connectivity index (χ0n) is 11.6. The van der Waals surface area contributed by atoms with Gasteiger partial charge in [0.1, 0.15) is 4.21 Å². The van der Waals surface area contributed by atoms with Gasteiger partial charge >= 0.3 is 5.69 Å². The van der Waals surface area contributed by atoms with Crippen LogP contribution in [0.25, 0.3) is 0 Å². The average Bonchev–Trinajstić information content (AvgIpc) is 3.02. The molecule has 1 aromatic rings. The van der Waals surface area contributed by atoms with Gasteiger partial charge in [0.15, 0.2) is 5.00 Å². The highest BCUT2D eigenvalue weighted by molar-refractivity contribution is 7.91. The molecule has 2 rings (SSSR count). The van der Waals surface area contributed by atoms with Crippen LogP contribution in [0.1, 0.15) is 13.3 Å². The van der Waals surface area contributed by atoms with E-state index in [1.54, 1.807) is 0 Å². The Hall–Kier alpha value is -1.23. The van der Waals surface area contributed by atoms with E-state index in [2.05, 4.69) is 16.5 Å². The van der Waals surface area contributed by atoms with Crippen molar-refractivity contribution in [1.82, 2.24) is 9.62 Å². The van der Waals surface area contributed by atoms with E-state index >= 15 is 0 Å². The van der Waals surface area contributed by atoms with Gasteiger partial charge < -0.3 is 10.6 Å². The van der Waals surface area contributed by atoms with Crippen LogP contribution in [0.15, 0.2) is 10.3 Å². The van der Waals surface area contributed by atoms with Crippen molar-refractivity contribution in [2.24, 2.45) is 5.92 Å². The Kier molecular flexibility index (Phi) is 4.81. The van der Waals surface area contributed by atoms with Crippen molar-refractivity contribution >= 4 is 32.0 Å². The number of sulfonamides is 1. The third-order valence-corrected chi connectivity index (χ3v) is 6.41. The molecule has 1 saturated heterocycles. The van der Waals surface area contributed by atoms with E-state index in [0.29, 0.717) is 17.9 Å². The van der Waals surface area contributed by atoms with Gasteiger partial charge in [-0.2, -0.15) is 0 Å². The second-order valence-corrected chi connectivity index (χ2v) is 8.05. The second-order valence-electron chi connectivity index (χ2n) is 4.97. The van der Waals surface area contributed by atoms with Gasteiger partial charge in [-0.05, 0) is 25.4 Å². The highest BCUT2D eigenvalue weighted by Crippen LogP contribution is 2.34. The lowest BCUT2D eigenvalue weighted by Crippen LogP contribution is -2.30. The molecule has 1 aliphatic heterocycles. The minimum absolute atomic E-state index is 0.0987. The summed E-state index contributed by atoms with van der Waals surface area (Å²) in [6.07, 6.45) is 0.948. The molecule has 0 spiro atoms. The van der Waals surface area contributed by atoms with Crippen molar-refractivity contribution in [1.29, 1.82) is 0 Å². The van der Waals surface area contributed by atoms with E-state index in [0.717, 1.165) is 32.1 Å².